The molecule has 2 fully saturated rings. The smallest absolute Gasteiger partial charge is 0.287 e. The number of carbonyl (C=O) groups is 2. The fourth-order valence-corrected chi connectivity index (χ4v) is 8.09. The van der Waals surface area contributed by atoms with Crippen molar-refractivity contribution in [2.45, 2.75) is 95.0 Å². The summed E-state index contributed by atoms with van der Waals surface area (Å²) in [6.45, 7) is 8.48. The van der Waals surface area contributed by atoms with Crippen LogP contribution >= 0.6 is 11.6 Å². The summed E-state index contributed by atoms with van der Waals surface area (Å²) in [5, 5.41) is 7.12. The van der Waals surface area contributed by atoms with E-state index in [1.807, 2.05) is 45.0 Å². The van der Waals surface area contributed by atoms with E-state index in [2.05, 4.69) is 15.5 Å². The molecule has 11 heteroatoms. The molecule has 0 radical (unpaired) electrons. The summed E-state index contributed by atoms with van der Waals surface area (Å²) >= 11 is 6.13. The third-order valence-corrected chi connectivity index (χ3v) is 11.3. The minimum absolute atomic E-state index is 0.00561. The van der Waals surface area contributed by atoms with E-state index >= 15 is 0 Å². The van der Waals surface area contributed by atoms with Crippen LogP contribution in [-0.2, 0) is 21.1 Å². The third kappa shape index (κ3) is 8.87. The van der Waals surface area contributed by atoms with Crippen molar-refractivity contribution < 1.29 is 22.4 Å². The molecule has 1 aliphatic heterocycles. The molecule has 2 heterocycles. The first-order valence-electron chi connectivity index (χ1n) is 17.0. The number of carbonyl (C=O) groups excluding carboxylic acids is 2. The van der Waals surface area contributed by atoms with Crippen LogP contribution in [0.3, 0.4) is 0 Å². The molecular weight excluding hydrogens is 650 g/mol. The molecule has 9 nitrogen and oxygen atoms in total. The van der Waals surface area contributed by atoms with E-state index in [0.717, 1.165) is 63.2 Å². The third-order valence-electron chi connectivity index (χ3n) is 9.95. The van der Waals surface area contributed by atoms with Gasteiger partial charge in [0.2, 0.25) is 5.91 Å². The Morgan fingerprint density at radius 3 is 2.31 bits per heavy atom. The van der Waals surface area contributed by atoms with Gasteiger partial charge in [0.15, 0.2) is 21.0 Å². The van der Waals surface area contributed by atoms with Gasteiger partial charge >= 0.3 is 0 Å². The molecule has 1 atom stereocenters. The minimum Gasteiger partial charge on any atom is -0.451 e. The van der Waals surface area contributed by atoms with E-state index in [4.69, 9.17) is 16.0 Å². The first-order chi connectivity index (χ1) is 22.6. The normalized spacial score (nSPS) is 18.4. The van der Waals surface area contributed by atoms with E-state index in [-0.39, 0.29) is 44.5 Å². The van der Waals surface area contributed by atoms with Crippen LogP contribution in [0.4, 0.5) is 0 Å². The van der Waals surface area contributed by atoms with E-state index in [9.17, 15) is 22.8 Å². The van der Waals surface area contributed by atoms with Crippen molar-refractivity contribution in [3.8, 4) is 0 Å². The van der Waals surface area contributed by atoms with Crippen LogP contribution in [0.15, 0.2) is 62.6 Å². The van der Waals surface area contributed by atoms with Gasteiger partial charge < -0.3 is 20.0 Å². The Balaban J connectivity index is 1.30. The van der Waals surface area contributed by atoms with E-state index < -0.39 is 21.2 Å². The Hall–Kier alpha value is -3.21. The molecule has 1 saturated heterocycles. The molecule has 0 bridgehead atoms. The molecule has 2 N–H and O–H groups in total. The number of amides is 2. The quantitative estimate of drug-likeness (QED) is 0.260. The molecule has 2 amide bonds. The zero-order chi connectivity index (χ0) is 34.7. The fourth-order valence-electron chi connectivity index (χ4n) is 7.32. The SMILES string of the molecule is CC(C)(C)NC(=O)C1(C2CCCCC2)CCN(CC[C@H](Cc2ccc(Cl)cc2)NC(=O)c2cc(=O)c3cc(S(C)(=O)=O)ccc3o2)CC1. The Labute approximate surface area is 288 Å². The number of nitrogens with zero attached hydrogens (tertiary/aromatic N) is 1. The van der Waals surface area contributed by atoms with Gasteiger partial charge in [-0.2, -0.15) is 0 Å². The lowest BCUT2D eigenvalue weighted by Gasteiger charge is -2.47. The highest BCUT2D eigenvalue weighted by Crippen LogP contribution is 2.46. The number of sulfone groups is 1. The second-order valence-corrected chi connectivity index (χ2v) is 17.2. The molecule has 0 spiro atoms. The molecule has 1 aromatic heterocycles. The van der Waals surface area contributed by atoms with Crippen LogP contribution in [0, 0.1) is 11.3 Å². The Morgan fingerprint density at radius 1 is 1.02 bits per heavy atom. The van der Waals surface area contributed by atoms with E-state index in [1.165, 1.54) is 37.5 Å². The maximum atomic E-state index is 13.8. The van der Waals surface area contributed by atoms with Crippen molar-refractivity contribution in [2.24, 2.45) is 11.3 Å². The average Bonchev–Trinajstić information content (AvgIpc) is 3.04. The number of fused-ring (bicyclic) bond motifs is 1. The summed E-state index contributed by atoms with van der Waals surface area (Å²) in [6, 6.07) is 12.4. The number of benzene rings is 2. The van der Waals surface area contributed by atoms with Gasteiger partial charge in [-0.05, 0) is 114 Å². The molecular formula is C37H48ClN3O6S. The fraction of sp³-hybridized carbons (Fsp3) is 0.541. The number of nitrogens with one attached hydrogen (secondary N) is 2. The lowest BCUT2D eigenvalue weighted by Crippen LogP contribution is -2.56. The first kappa shape index (κ1) is 36.1. The molecule has 2 aliphatic rings. The maximum absolute atomic E-state index is 13.8. The van der Waals surface area contributed by atoms with Crippen molar-refractivity contribution in [3.63, 3.8) is 0 Å². The van der Waals surface area contributed by atoms with E-state index in [1.54, 1.807) is 0 Å². The van der Waals surface area contributed by atoms with Crippen molar-refractivity contribution in [3.05, 3.63) is 75.1 Å². The predicted molar refractivity (Wildman–Crippen MR) is 189 cm³/mol. The number of piperidine rings is 1. The number of hydrogen-bond donors (Lipinski definition) is 2. The van der Waals surface area contributed by atoms with Crippen molar-refractivity contribution >= 4 is 44.2 Å². The molecule has 1 aliphatic carbocycles. The van der Waals surface area contributed by atoms with Gasteiger partial charge in [0.05, 0.1) is 15.7 Å². The maximum Gasteiger partial charge on any atom is 0.287 e. The average molecular weight is 698 g/mol. The van der Waals surface area contributed by atoms with Crippen LogP contribution in [0.2, 0.25) is 5.02 Å². The van der Waals surface area contributed by atoms with Crippen molar-refractivity contribution in [2.75, 3.05) is 25.9 Å². The standard InChI is InChI=1S/C37H48ClN3O6S/c1-36(2,3)40-35(44)37(26-8-6-5-7-9-26)17-20-41(21-18-37)19-16-28(22-25-10-12-27(38)13-11-25)39-34(43)33-24-31(42)30-23-29(48(4,45)46)14-15-32(30)47-33/h10-15,23-24,26,28H,5-9,16-22H2,1-4H3,(H,39,43)(H,40,44)/t28-/m1/s1. The summed E-state index contributed by atoms with van der Waals surface area (Å²) in [5.74, 6) is -0.0594. The predicted octanol–water partition coefficient (Wildman–Crippen LogP) is 6.16. The van der Waals surface area contributed by atoms with Crippen LogP contribution < -0.4 is 16.1 Å². The van der Waals surface area contributed by atoms with Crippen LogP contribution in [0.5, 0.6) is 0 Å². The van der Waals surface area contributed by atoms with Gasteiger partial charge in [0, 0.05) is 35.5 Å². The van der Waals surface area contributed by atoms with Gasteiger partial charge in [-0.25, -0.2) is 8.42 Å². The number of rotatable bonds is 10. The Kier molecular flexibility index (Phi) is 11.1. The minimum atomic E-state index is -3.52. The molecule has 2 aromatic carbocycles. The van der Waals surface area contributed by atoms with E-state index in [0.29, 0.717) is 23.8 Å². The topological polar surface area (TPSA) is 126 Å². The highest BCUT2D eigenvalue weighted by molar-refractivity contribution is 7.90. The monoisotopic (exact) mass is 697 g/mol. The Bertz CT molecular complexity index is 1780. The summed E-state index contributed by atoms with van der Waals surface area (Å²) in [6.07, 6.45) is 9.72. The number of hydrogen-bond acceptors (Lipinski definition) is 7. The Morgan fingerprint density at radius 2 is 1.69 bits per heavy atom. The summed E-state index contributed by atoms with van der Waals surface area (Å²) in [4.78, 5) is 42.6. The summed E-state index contributed by atoms with van der Waals surface area (Å²) < 4.78 is 29.8. The molecule has 0 unspecified atom stereocenters. The van der Waals surface area contributed by atoms with Crippen LogP contribution in [0.1, 0.15) is 88.3 Å². The van der Waals surface area contributed by atoms with Crippen LogP contribution in [-0.4, -0.2) is 62.6 Å². The van der Waals surface area contributed by atoms with Crippen molar-refractivity contribution in [1.29, 1.82) is 0 Å². The van der Waals surface area contributed by atoms with Gasteiger partial charge in [-0.1, -0.05) is 43.0 Å². The largest absolute Gasteiger partial charge is 0.451 e. The van der Waals surface area contributed by atoms with Gasteiger partial charge in [0.1, 0.15) is 5.58 Å². The van der Waals surface area contributed by atoms with Gasteiger partial charge in [-0.3, -0.25) is 14.4 Å². The lowest BCUT2D eigenvalue weighted by molar-refractivity contribution is -0.141. The molecule has 1 saturated carbocycles. The molecule has 48 heavy (non-hydrogen) atoms. The van der Waals surface area contributed by atoms with Crippen LogP contribution in [0.25, 0.3) is 11.0 Å². The second kappa shape index (κ2) is 14.7. The van der Waals surface area contributed by atoms with Gasteiger partial charge in [-0.15, -0.1) is 0 Å². The lowest BCUT2D eigenvalue weighted by atomic mass is 9.63. The molecule has 3 aromatic rings. The summed E-state index contributed by atoms with van der Waals surface area (Å²) in [5.41, 5.74) is 0.0149. The highest BCUT2D eigenvalue weighted by Gasteiger charge is 2.48. The highest BCUT2D eigenvalue weighted by atomic mass is 35.5. The summed E-state index contributed by atoms with van der Waals surface area (Å²) in [7, 11) is -3.52. The van der Waals surface area contributed by atoms with Gasteiger partial charge in [0.25, 0.3) is 5.91 Å². The zero-order valence-corrected chi connectivity index (χ0v) is 30.0. The first-order valence-corrected chi connectivity index (χ1v) is 19.3. The van der Waals surface area contributed by atoms with Crippen molar-refractivity contribution in [1.82, 2.24) is 15.5 Å². The number of likely N-dealkylation sites (tertiary alicyclic amines) is 1. The number of halogens is 1. The molecule has 260 valence electrons. The zero-order valence-electron chi connectivity index (χ0n) is 28.4. The second-order valence-electron chi connectivity index (χ2n) is 14.7. The molecule has 5 rings (SSSR count).